The Morgan fingerprint density at radius 2 is 1.36 bits per heavy atom. The van der Waals surface area contributed by atoms with Crippen LogP contribution in [0.1, 0.15) is 11.1 Å². The van der Waals surface area contributed by atoms with Crippen LogP contribution in [0.2, 0.25) is 0 Å². The van der Waals surface area contributed by atoms with Crippen LogP contribution in [-0.2, 0) is 12.4 Å². The SMILES string of the molecule is Nc1ccccc1NC(=S)Nc1cc(C(F)(F)F)cc(C(F)(F)F)c1. The Morgan fingerprint density at radius 3 is 1.84 bits per heavy atom. The van der Waals surface area contributed by atoms with Gasteiger partial charge in [0, 0.05) is 5.69 Å². The normalized spacial score (nSPS) is 11.9. The Hall–Kier alpha value is -2.49. The van der Waals surface area contributed by atoms with Crippen LogP contribution >= 0.6 is 12.2 Å². The Kier molecular flexibility index (Phi) is 5.12. The highest BCUT2D eigenvalue weighted by Gasteiger charge is 2.37. The van der Waals surface area contributed by atoms with Gasteiger partial charge in [0.05, 0.1) is 22.5 Å². The zero-order valence-electron chi connectivity index (χ0n) is 12.3. The maximum absolute atomic E-state index is 12.8. The highest BCUT2D eigenvalue weighted by molar-refractivity contribution is 7.80. The van der Waals surface area contributed by atoms with Gasteiger partial charge in [-0.3, -0.25) is 0 Å². The monoisotopic (exact) mass is 379 g/mol. The molecule has 0 aliphatic rings. The van der Waals surface area contributed by atoms with Crippen molar-refractivity contribution >= 4 is 34.4 Å². The van der Waals surface area contributed by atoms with Crippen LogP contribution in [-0.4, -0.2) is 5.11 Å². The minimum Gasteiger partial charge on any atom is -0.397 e. The van der Waals surface area contributed by atoms with Crippen molar-refractivity contribution in [3.8, 4) is 0 Å². The summed E-state index contributed by atoms with van der Waals surface area (Å²) in [5.41, 5.74) is 3.03. The molecule has 134 valence electrons. The van der Waals surface area contributed by atoms with Crippen LogP contribution in [0, 0.1) is 0 Å². The van der Waals surface area contributed by atoms with Crippen LogP contribution in [0.5, 0.6) is 0 Å². The van der Waals surface area contributed by atoms with E-state index in [0.717, 1.165) is 0 Å². The lowest BCUT2D eigenvalue weighted by molar-refractivity contribution is -0.143. The van der Waals surface area contributed by atoms with Gasteiger partial charge in [-0.2, -0.15) is 26.3 Å². The standard InChI is InChI=1S/C15H11F6N3S/c16-14(17,18)8-5-9(15(19,20)21)7-10(6-8)23-13(25)24-12-4-2-1-3-11(12)22/h1-7H,22H2,(H2,23,24,25). The molecule has 0 aromatic heterocycles. The second kappa shape index (κ2) is 6.79. The van der Waals surface area contributed by atoms with Crippen molar-refractivity contribution in [2.45, 2.75) is 12.4 Å². The van der Waals surface area contributed by atoms with E-state index in [1.807, 2.05) is 0 Å². The smallest absolute Gasteiger partial charge is 0.397 e. The largest absolute Gasteiger partial charge is 0.416 e. The molecular weight excluding hydrogens is 368 g/mol. The van der Waals surface area contributed by atoms with E-state index in [-0.39, 0.29) is 11.2 Å². The van der Waals surface area contributed by atoms with E-state index in [0.29, 0.717) is 23.5 Å². The number of nitrogens with two attached hydrogens (primary N) is 1. The highest BCUT2D eigenvalue weighted by atomic mass is 32.1. The Bertz CT molecular complexity index is 753. The molecule has 0 heterocycles. The molecule has 0 aliphatic carbocycles. The highest BCUT2D eigenvalue weighted by Crippen LogP contribution is 2.37. The molecule has 0 spiro atoms. The fourth-order valence-corrected chi connectivity index (χ4v) is 2.15. The van der Waals surface area contributed by atoms with Gasteiger partial charge >= 0.3 is 12.4 Å². The third-order valence-electron chi connectivity index (χ3n) is 3.05. The van der Waals surface area contributed by atoms with Crippen molar-refractivity contribution < 1.29 is 26.3 Å². The summed E-state index contributed by atoms with van der Waals surface area (Å²) in [4.78, 5) is 0. The summed E-state index contributed by atoms with van der Waals surface area (Å²) in [5.74, 6) is 0. The van der Waals surface area contributed by atoms with Crippen LogP contribution in [0.3, 0.4) is 0 Å². The summed E-state index contributed by atoms with van der Waals surface area (Å²) in [6, 6.07) is 7.51. The van der Waals surface area contributed by atoms with Crippen LogP contribution in [0.25, 0.3) is 0 Å². The summed E-state index contributed by atoms with van der Waals surface area (Å²) in [6.07, 6.45) is -9.87. The van der Waals surface area contributed by atoms with E-state index < -0.39 is 29.2 Å². The molecule has 0 bridgehead atoms. The molecule has 0 radical (unpaired) electrons. The molecule has 2 aromatic rings. The topological polar surface area (TPSA) is 50.1 Å². The molecule has 0 amide bonds. The Balaban J connectivity index is 2.29. The molecule has 0 unspecified atom stereocenters. The zero-order chi connectivity index (χ0) is 18.8. The van der Waals surface area contributed by atoms with Crippen molar-refractivity contribution in [2.24, 2.45) is 0 Å². The summed E-state index contributed by atoms with van der Waals surface area (Å²) in [7, 11) is 0. The Labute approximate surface area is 143 Å². The van der Waals surface area contributed by atoms with Gasteiger partial charge in [-0.25, -0.2) is 0 Å². The molecule has 4 N–H and O–H groups in total. The van der Waals surface area contributed by atoms with E-state index in [4.69, 9.17) is 18.0 Å². The molecule has 0 fully saturated rings. The molecule has 0 atom stereocenters. The number of benzene rings is 2. The fraction of sp³-hybridized carbons (Fsp3) is 0.133. The second-order valence-electron chi connectivity index (χ2n) is 4.96. The number of rotatable bonds is 2. The first-order valence-electron chi connectivity index (χ1n) is 6.69. The molecule has 25 heavy (non-hydrogen) atoms. The fourth-order valence-electron chi connectivity index (χ4n) is 1.92. The molecule has 2 rings (SSSR count). The van der Waals surface area contributed by atoms with Crippen LogP contribution in [0.15, 0.2) is 42.5 Å². The first-order chi connectivity index (χ1) is 11.5. The van der Waals surface area contributed by atoms with Gasteiger partial charge in [-0.1, -0.05) is 12.1 Å². The molecule has 3 nitrogen and oxygen atoms in total. The zero-order valence-corrected chi connectivity index (χ0v) is 13.1. The second-order valence-corrected chi connectivity index (χ2v) is 5.37. The third kappa shape index (κ3) is 4.99. The Morgan fingerprint density at radius 1 is 0.840 bits per heavy atom. The molecule has 0 aliphatic heterocycles. The van der Waals surface area contributed by atoms with E-state index in [1.54, 1.807) is 24.3 Å². The quantitative estimate of drug-likeness (QED) is 0.385. The number of halogens is 6. The van der Waals surface area contributed by atoms with E-state index in [2.05, 4.69) is 10.6 Å². The maximum Gasteiger partial charge on any atom is 0.416 e. The summed E-state index contributed by atoms with van der Waals surface area (Å²) in [5, 5.41) is 4.71. The summed E-state index contributed by atoms with van der Waals surface area (Å²) < 4.78 is 76.9. The molecular formula is C15H11F6N3S. The molecule has 2 aromatic carbocycles. The van der Waals surface area contributed by atoms with Crippen molar-refractivity contribution in [1.82, 2.24) is 0 Å². The molecule has 0 saturated heterocycles. The predicted octanol–water partition coefficient (Wildman–Crippen LogP) is 5.12. The van der Waals surface area contributed by atoms with Crippen molar-refractivity contribution in [3.05, 3.63) is 53.6 Å². The van der Waals surface area contributed by atoms with Crippen molar-refractivity contribution in [3.63, 3.8) is 0 Å². The van der Waals surface area contributed by atoms with Gasteiger partial charge in [0.15, 0.2) is 5.11 Å². The maximum atomic E-state index is 12.8. The minimum atomic E-state index is -4.93. The summed E-state index contributed by atoms with van der Waals surface area (Å²) >= 11 is 4.91. The molecule has 0 saturated carbocycles. The van der Waals surface area contributed by atoms with Crippen molar-refractivity contribution in [2.75, 3.05) is 16.4 Å². The van der Waals surface area contributed by atoms with Crippen LogP contribution < -0.4 is 16.4 Å². The van der Waals surface area contributed by atoms with E-state index in [9.17, 15) is 26.3 Å². The van der Waals surface area contributed by atoms with Crippen LogP contribution in [0.4, 0.5) is 43.4 Å². The minimum absolute atomic E-state index is 0.0385. The lowest BCUT2D eigenvalue weighted by atomic mass is 10.1. The summed E-state index contributed by atoms with van der Waals surface area (Å²) in [6.45, 7) is 0. The first-order valence-corrected chi connectivity index (χ1v) is 7.09. The van der Waals surface area contributed by atoms with E-state index in [1.165, 1.54) is 0 Å². The van der Waals surface area contributed by atoms with Gasteiger partial charge in [-0.05, 0) is 42.5 Å². The number of anilines is 3. The number of hydrogen-bond donors (Lipinski definition) is 3. The van der Waals surface area contributed by atoms with Crippen molar-refractivity contribution in [1.29, 1.82) is 0 Å². The average molecular weight is 379 g/mol. The van der Waals surface area contributed by atoms with Gasteiger partial charge in [0.1, 0.15) is 0 Å². The van der Waals surface area contributed by atoms with Gasteiger partial charge in [0.25, 0.3) is 0 Å². The number of hydrogen-bond acceptors (Lipinski definition) is 2. The molecule has 10 heteroatoms. The van der Waals surface area contributed by atoms with Gasteiger partial charge < -0.3 is 16.4 Å². The van der Waals surface area contributed by atoms with Gasteiger partial charge in [0.2, 0.25) is 0 Å². The number of thiocarbonyl (C=S) groups is 1. The number of para-hydroxylation sites is 2. The van der Waals surface area contributed by atoms with E-state index >= 15 is 0 Å². The third-order valence-corrected chi connectivity index (χ3v) is 3.26. The lowest BCUT2D eigenvalue weighted by Crippen LogP contribution is -2.21. The lowest BCUT2D eigenvalue weighted by Gasteiger charge is -2.16. The number of nitrogen functional groups attached to an aromatic ring is 1. The first kappa shape index (κ1) is 18.8. The van der Waals surface area contributed by atoms with Gasteiger partial charge in [-0.15, -0.1) is 0 Å². The number of alkyl halides is 6. The average Bonchev–Trinajstić information content (AvgIpc) is 2.47. The number of nitrogens with one attached hydrogen (secondary N) is 2. The predicted molar refractivity (Wildman–Crippen MR) is 87.1 cm³/mol.